The molecule has 0 aliphatic rings. The highest BCUT2D eigenvalue weighted by Gasteiger charge is 2.15. The highest BCUT2D eigenvalue weighted by Crippen LogP contribution is 2.16. The highest BCUT2D eigenvalue weighted by molar-refractivity contribution is 6.05. The van der Waals surface area contributed by atoms with Crippen LogP contribution in [-0.4, -0.2) is 15.5 Å². The Morgan fingerprint density at radius 2 is 2.08 bits per heavy atom. The van der Waals surface area contributed by atoms with Crippen molar-refractivity contribution in [1.29, 1.82) is 0 Å². The average molecular weight is 321 g/mol. The van der Waals surface area contributed by atoms with E-state index in [1.165, 1.54) is 0 Å². The number of fused-ring (bicyclic) bond motifs is 1. The molecule has 1 N–H and O–H groups in total. The van der Waals surface area contributed by atoms with Gasteiger partial charge in [-0.25, -0.2) is 0 Å². The number of amides is 1. The number of hydrogen-bond acceptors (Lipinski definition) is 3. The summed E-state index contributed by atoms with van der Waals surface area (Å²) in [5.74, 6) is -0.309. The zero-order chi connectivity index (χ0) is 17.1. The normalized spacial score (nSPS) is 10.8. The standard InChI is InChI=1S/C19H19N3O2/c1-3-9-22-17(18(23)21-15-5-4-8-20-12-15)11-14-7-6-13(2)10-16(14)19(22)24/h4-8,10-12H,3,9H2,1-2H3,(H,21,23). The molecule has 2 heterocycles. The molecule has 0 atom stereocenters. The second-order valence-electron chi connectivity index (χ2n) is 5.77. The highest BCUT2D eigenvalue weighted by atomic mass is 16.2. The van der Waals surface area contributed by atoms with Crippen molar-refractivity contribution in [1.82, 2.24) is 9.55 Å². The van der Waals surface area contributed by atoms with E-state index in [0.29, 0.717) is 23.3 Å². The van der Waals surface area contributed by atoms with Crippen molar-refractivity contribution in [2.24, 2.45) is 0 Å². The summed E-state index contributed by atoms with van der Waals surface area (Å²) < 4.78 is 1.55. The van der Waals surface area contributed by atoms with Gasteiger partial charge < -0.3 is 9.88 Å². The smallest absolute Gasteiger partial charge is 0.272 e. The Morgan fingerprint density at radius 3 is 2.79 bits per heavy atom. The minimum absolute atomic E-state index is 0.130. The van der Waals surface area contributed by atoms with Crippen molar-refractivity contribution < 1.29 is 4.79 Å². The minimum Gasteiger partial charge on any atom is -0.319 e. The quantitative estimate of drug-likeness (QED) is 0.801. The van der Waals surface area contributed by atoms with Crippen molar-refractivity contribution in [3.05, 3.63) is 70.4 Å². The number of aryl methyl sites for hydroxylation is 1. The SMILES string of the molecule is CCCn1c(C(=O)Nc2cccnc2)cc2ccc(C)cc2c1=O. The van der Waals surface area contributed by atoms with Gasteiger partial charge in [-0.15, -0.1) is 0 Å². The minimum atomic E-state index is -0.309. The zero-order valence-corrected chi connectivity index (χ0v) is 13.7. The van der Waals surface area contributed by atoms with E-state index < -0.39 is 0 Å². The van der Waals surface area contributed by atoms with Gasteiger partial charge in [-0.2, -0.15) is 0 Å². The van der Waals surface area contributed by atoms with Crippen LogP contribution in [-0.2, 0) is 6.54 Å². The molecule has 1 amide bonds. The Bertz CT molecular complexity index is 946. The molecule has 24 heavy (non-hydrogen) atoms. The fourth-order valence-corrected chi connectivity index (χ4v) is 2.73. The first-order valence-corrected chi connectivity index (χ1v) is 7.95. The van der Waals surface area contributed by atoms with Gasteiger partial charge >= 0.3 is 0 Å². The largest absolute Gasteiger partial charge is 0.319 e. The Kier molecular flexibility index (Phi) is 4.42. The molecule has 5 nitrogen and oxygen atoms in total. The fourth-order valence-electron chi connectivity index (χ4n) is 2.73. The summed E-state index contributed by atoms with van der Waals surface area (Å²) >= 11 is 0. The van der Waals surface area contributed by atoms with Crippen LogP contribution in [0, 0.1) is 6.92 Å². The first kappa shape index (κ1) is 15.9. The number of carbonyl (C=O) groups excluding carboxylic acids is 1. The molecular weight excluding hydrogens is 302 g/mol. The average Bonchev–Trinajstić information content (AvgIpc) is 2.58. The second-order valence-corrected chi connectivity index (χ2v) is 5.77. The maximum Gasteiger partial charge on any atom is 0.272 e. The van der Waals surface area contributed by atoms with E-state index >= 15 is 0 Å². The molecule has 0 saturated heterocycles. The van der Waals surface area contributed by atoms with E-state index in [-0.39, 0.29) is 11.5 Å². The third-order valence-corrected chi connectivity index (χ3v) is 3.87. The molecule has 3 aromatic rings. The van der Waals surface area contributed by atoms with Gasteiger partial charge in [0.15, 0.2) is 0 Å². The zero-order valence-electron chi connectivity index (χ0n) is 13.7. The van der Waals surface area contributed by atoms with Gasteiger partial charge in [0.1, 0.15) is 5.69 Å². The number of benzene rings is 1. The van der Waals surface area contributed by atoms with Gasteiger partial charge in [-0.05, 0) is 43.0 Å². The summed E-state index contributed by atoms with van der Waals surface area (Å²) in [5.41, 5.74) is 1.86. The van der Waals surface area contributed by atoms with E-state index in [0.717, 1.165) is 17.4 Å². The maximum atomic E-state index is 12.8. The molecule has 0 bridgehead atoms. The number of hydrogen-bond donors (Lipinski definition) is 1. The lowest BCUT2D eigenvalue weighted by molar-refractivity contribution is 0.101. The number of aromatic nitrogens is 2. The Morgan fingerprint density at radius 1 is 1.25 bits per heavy atom. The van der Waals surface area contributed by atoms with Crippen LogP contribution in [0.2, 0.25) is 0 Å². The molecule has 1 aromatic carbocycles. The van der Waals surface area contributed by atoms with Crippen LogP contribution in [0.1, 0.15) is 29.4 Å². The van der Waals surface area contributed by atoms with E-state index in [2.05, 4.69) is 10.3 Å². The molecule has 0 aliphatic carbocycles. The molecule has 0 aliphatic heterocycles. The monoisotopic (exact) mass is 321 g/mol. The maximum absolute atomic E-state index is 12.8. The number of nitrogens with zero attached hydrogens (tertiary/aromatic N) is 2. The predicted molar refractivity (Wildman–Crippen MR) is 95.4 cm³/mol. The van der Waals surface area contributed by atoms with Crippen molar-refractivity contribution in [2.45, 2.75) is 26.8 Å². The third-order valence-electron chi connectivity index (χ3n) is 3.87. The third kappa shape index (κ3) is 3.06. The summed E-state index contributed by atoms with van der Waals surface area (Å²) in [6.07, 6.45) is 3.98. The molecule has 3 rings (SSSR count). The molecule has 0 radical (unpaired) electrons. The van der Waals surface area contributed by atoms with Gasteiger partial charge in [0.25, 0.3) is 11.5 Å². The lowest BCUT2D eigenvalue weighted by Gasteiger charge is -2.14. The molecule has 0 spiro atoms. The second kappa shape index (κ2) is 6.66. The number of pyridine rings is 2. The molecule has 122 valence electrons. The van der Waals surface area contributed by atoms with Crippen LogP contribution >= 0.6 is 0 Å². The molecule has 0 saturated carbocycles. The first-order chi connectivity index (χ1) is 11.6. The number of nitrogens with one attached hydrogen (secondary N) is 1. The van der Waals surface area contributed by atoms with Gasteiger partial charge in [0.05, 0.1) is 11.9 Å². The molecule has 0 fully saturated rings. The van der Waals surface area contributed by atoms with Gasteiger partial charge in [0, 0.05) is 18.1 Å². The molecule has 5 heteroatoms. The Labute approximate surface area is 140 Å². The lowest BCUT2D eigenvalue weighted by atomic mass is 10.1. The van der Waals surface area contributed by atoms with Crippen LogP contribution in [0.5, 0.6) is 0 Å². The fraction of sp³-hybridized carbons (Fsp3) is 0.211. The van der Waals surface area contributed by atoms with Crippen LogP contribution in [0.4, 0.5) is 5.69 Å². The van der Waals surface area contributed by atoms with Crippen LogP contribution in [0.15, 0.2) is 53.6 Å². The predicted octanol–water partition coefficient (Wildman–Crippen LogP) is 3.37. The summed E-state index contributed by atoms with van der Waals surface area (Å²) in [6.45, 7) is 4.43. The van der Waals surface area contributed by atoms with Gasteiger partial charge in [-0.3, -0.25) is 14.6 Å². The molecule has 0 unspecified atom stereocenters. The van der Waals surface area contributed by atoms with Crippen LogP contribution in [0.25, 0.3) is 10.8 Å². The topological polar surface area (TPSA) is 64.0 Å². The van der Waals surface area contributed by atoms with Crippen molar-refractivity contribution in [3.63, 3.8) is 0 Å². The van der Waals surface area contributed by atoms with Crippen molar-refractivity contribution in [2.75, 3.05) is 5.32 Å². The lowest BCUT2D eigenvalue weighted by Crippen LogP contribution is -2.28. The van der Waals surface area contributed by atoms with E-state index in [9.17, 15) is 9.59 Å². The first-order valence-electron chi connectivity index (χ1n) is 7.95. The van der Waals surface area contributed by atoms with Gasteiger partial charge in [0.2, 0.25) is 0 Å². The number of anilines is 1. The van der Waals surface area contributed by atoms with E-state index in [4.69, 9.17) is 0 Å². The summed E-state index contributed by atoms with van der Waals surface area (Å²) in [6, 6.07) is 11.0. The van der Waals surface area contributed by atoms with Crippen molar-refractivity contribution in [3.8, 4) is 0 Å². The van der Waals surface area contributed by atoms with Crippen LogP contribution < -0.4 is 10.9 Å². The molecular formula is C19H19N3O2. The Balaban J connectivity index is 2.12. The van der Waals surface area contributed by atoms with Crippen LogP contribution in [0.3, 0.4) is 0 Å². The van der Waals surface area contributed by atoms with Crippen molar-refractivity contribution >= 4 is 22.4 Å². The Hall–Kier alpha value is -2.95. The summed E-state index contributed by atoms with van der Waals surface area (Å²) in [5, 5.41) is 4.21. The molecule has 2 aromatic heterocycles. The number of rotatable bonds is 4. The number of carbonyl (C=O) groups is 1. The van der Waals surface area contributed by atoms with E-state index in [1.54, 1.807) is 35.2 Å². The van der Waals surface area contributed by atoms with E-state index in [1.807, 2.05) is 32.0 Å². The van der Waals surface area contributed by atoms with Gasteiger partial charge in [-0.1, -0.05) is 24.6 Å². The summed E-state index contributed by atoms with van der Waals surface area (Å²) in [4.78, 5) is 29.5. The summed E-state index contributed by atoms with van der Waals surface area (Å²) in [7, 11) is 0.